The molecule has 0 spiro atoms. The third kappa shape index (κ3) is 4.85. The maximum absolute atomic E-state index is 5.86. The molecule has 26 heavy (non-hydrogen) atoms. The van der Waals surface area contributed by atoms with Crippen molar-refractivity contribution >= 4 is 28.3 Å². The lowest BCUT2D eigenvalue weighted by molar-refractivity contribution is 0.544. The largest absolute Gasteiger partial charge is 0.461 e. The Labute approximate surface area is 158 Å². The van der Waals surface area contributed by atoms with E-state index in [-0.39, 0.29) is 0 Å². The van der Waals surface area contributed by atoms with E-state index < -0.39 is 0 Å². The molecule has 3 aromatic rings. The van der Waals surface area contributed by atoms with Crippen molar-refractivity contribution in [3.8, 4) is 0 Å². The van der Waals surface area contributed by atoms with E-state index in [1.54, 1.807) is 11.3 Å². The second-order valence-electron chi connectivity index (χ2n) is 6.19. The molecule has 0 aliphatic heterocycles. The number of aliphatic imine (C=N–C) groups is 1. The Morgan fingerprint density at radius 2 is 2.04 bits per heavy atom. The smallest absolute Gasteiger partial charge is 0.191 e. The molecule has 3 rings (SSSR count). The normalized spacial score (nSPS) is 11.9. The van der Waals surface area contributed by atoms with Crippen molar-refractivity contribution in [2.24, 2.45) is 4.99 Å². The van der Waals surface area contributed by atoms with Crippen molar-refractivity contribution in [2.75, 3.05) is 19.6 Å². The number of aryl methyl sites for hydroxylation is 2. The lowest BCUT2D eigenvalue weighted by Crippen LogP contribution is -2.38. The molecule has 6 heteroatoms. The minimum Gasteiger partial charge on any atom is -0.461 e. The van der Waals surface area contributed by atoms with E-state index in [2.05, 4.69) is 53.5 Å². The standard InChI is InChI=1S/C20H26N4OS/c1-4-21-20(23-12-10-19-24-14(2)15(3)26-19)22-11-9-17-13-16-7-5-6-8-18(16)25-17/h5-8,13H,4,9-12H2,1-3H3,(H2,21,22,23). The summed E-state index contributed by atoms with van der Waals surface area (Å²) in [4.78, 5) is 10.5. The minimum absolute atomic E-state index is 0.729. The van der Waals surface area contributed by atoms with Crippen LogP contribution in [-0.4, -0.2) is 30.6 Å². The van der Waals surface area contributed by atoms with Crippen LogP contribution in [0.15, 0.2) is 39.7 Å². The van der Waals surface area contributed by atoms with Gasteiger partial charge in [-0.1, -0.05) is 18.2 Å². The van der Waals surface area contributed by atoms with E-state index in [1.165, 1.54) is 4.88 Å². The number of hydrogen-bond donors (Lipinski definition) is 2. The summed E-state index contributed by atoms with van der Waals surface area (Å²) in [6.07, 6.45) is 1.70. The topological polar surface area (TPSA) is 62.5 Å². The summed E-state index contributed by atoms with van der Waals surface area (Å²) in [5.74, 6) is 1.83. The summed E-state index contributed by atoms with van der Waals surface area (Å²) < 4.78 is 5.86. The Kier molecular flexibility index (Phi) is 6.28. The van der Waals surface area contributed by atoms with Crippen LogP contribution in [0.4, 0.5) is 0 Å². The minimum atomic E-state index is 0.729. The molecule has 2 aromatic heterocycles. The number of fused-ring (bicyclic) bond motifs is 1. The summed E-state index contributed by atoms with van der Waals surface area (Å²) in [6, 6.07) is 10.2. The van der Waals surface area contributed by atoms with Crippen LogP contribution in [0.2, 0.25) is 0 Å². The molecule has 2 N–H and O–H groups in total. The highest BCUT2D eigenvalue weighted by atomic mass is 32.1. The molecule has 0 fully saturated rings. The van der Waals surface area contributed by atoms with Crippen molar-refractivity contribution in [3.05, 3.63) is 51.7 Å². The van der Waals surface area contributed by atoms with Crippen molar-refractivity contribution in [3.63, 3.8) is 0 Å². The highest BCUT2D eigenvalue weighted by Gasteiger charge is 2.05. The number of benzene rings is 1. The van der Waals surface area contributed by atoms with E-state index in [0.717, 1.165) is 65.9 Å². The number of nitrogens with one attached hydrogen (secondary N) is 2. The zero-order chi connectivity index (χ0) is 18.4. The van der Waals surface area contributed by atoms with E-state index in [0.29, 0.717) is 0 Å². The van der Waals surface area contributed by atoms with Crippen LogP contribution in [-0.2, 0) is 12.8 Å². The fraction of sp³-hybridized carbons (Fsp3) is 0.400. The van der Waals surface area contributed by atoms with E-state index in [1.807, 2.05) is 18.2 Å². The molecule has 0 bridgehead atoms. The average Bonchev–Trinajstić information content (AvgIpc) is 3.17. The monoisotopic (exact) mass is 370 g/mol. The van der Waals surface area contributed by atoms with Gasteiger partial charge >= 0.3 is 0 Å². The molecule has 2 heterocycles. The average molecular weight is 371 g/mol. The Hall–Kier alpha value is -2.34. The molecule has 0 amide bonds. The van der Waals surface area contributed by atoms with E-state index in [4.69, 9.17) is 4.42 Å². The van der Waals surface area contributed by atoms with Gasteiger partial charge in [0.25, 0.3) is 0 Å². The van der Waals surface area contributed by atoms with Crippen LogP contribution in [0.1, 0.15) is 28.3 Å². The van der Waals surface area contributed by atoms with Gasteiger partial charge in [-0.15, -0.1) is 11.3 Å². The summed E-state index contributed by atoms with van der Waals surface area (Å²) in [5.41, 5.74) is 2.07. The zero-order valence-corrected chi connectivity index (χ0v) is 16.4. The molecular formula is C20H26N4OS. The first kappa shape index (κ1) is 18.5. The van der Waals surface area contributed by atoms with Gasteiger partial charge in [-0.2, -0.15) is 0 Å². The first-order valence-corrected chi connectivity index (χ1v) is 9.90. The second kappa shape index (κ2) is 8.85. The van der Waals surface area contributed by atoms with Crippen LogP contribution in [0.25, 0.3) is 11.0 Å². The van der Waals surface area contributed by atoms with Crippen LogP contribution < -0.4 is 10.6 Å². The highest BCUT2D eigenvalue weighted by molar-refractivity contribution is 7.11. The molecule has 5 nitrogen and oxygen atoms in total. The Bertz CT molecular complexity index is 828. The molecule has 0 saturated carbocycles. The number of para-hydroxylation sites is 1. The Morgan fingerprint density at radius 1 is 1.19 bits per heavy atom. The van der Waals surface area contributed by atoms with Crippen molar-refractivity contribution in [1.29, 1.82) is 0 Å². The second-order valence-corrected chi connectivity index (χ2v) is 7.47. The van der Waals surface area contributed by atoms with E-state index in [9.17, 15) is 0 Å². The number of thiazole rings is 1. The van der Waals surface area contributed by atoms with Gasteiger partial charge in [0.05, 0.1) is 10.7 Å². The van der Waals surface area contributed by atoms with Crippen molar-refractivity contribution < 1.29 is 4.42 Å². The molecule has 0 saturated heterocycles. The number of nitrogens with zero attached hydrogens (tertiary/aromatic N) is 2. The number of aromatic nitrogens is 1. The van der Waals surface area contributed by atoms with Gasteiger partial charge in [-0.3, -0.25) is 4.99 Å². The maximum atomic E-state index is 5.86. The van der Waals surface area contributed by atoms with Gasteiger partial charge in [0, 0.05) is 42.7 Å². The van der Waals surface area contributed by atoms with Crippen LogP contribution in [0.5, 0.6) is 0 Å². The molecule has 138 valence electrons. The third-order valence-corrected chi connectivity index (χ3v) is 5.29. The van der Waals surface area contributed by atoms with Crippen molar-refractivity contribution in [2.45, 2.75) is 33.6 Å². The summed E-state index contributed by atoms with van der Waals surface area (Å²) >= 11 is 1.76. The van der Waals surface area contributed by atoms with Crippen molar-refractivity contribution in [1.82, 2.24) is 15.6 Å². The van der Waals surface area contributed by atoms with Crippen LogP contribution in [0.3, 0.4) is 0 Å². The predicted octanol–water partition coefficient (Wildman–Crippen LogP) is 3.85. The number of guanidine groups is 1. The Balaban J connectivity index is 1.50. The summed E-state index contributed by atoms with van der Waals surface area (Å²) in [6.45, 7) is 8.59. The molecule has 0 aliphatic rings. The van der Waals surface area contributed by atoms with Crippen LogP contribution >= 0.6 is 11.3 Å². The van der Waals surface area contributed by atoms with Gasteiger partial charge in [0.2, 0.25) is 0 Å². The predicted molar refractivity (Wildman–Crippen MR) is 109 cm³/mol. The quantitative estimate of drug-likeness (QED) is 0.490. The first-order chi connectivity index (χ1) is 12.7. The van der Waals surface area contributed by atoms with Gasteiger partial charge in [0.1, 0.15) is 11.3 Å². The van der Waals surface area contributed by atoms with E-state index >= 15 is 0 Å². The highest BCUT2D eigenvalue weighted by Crippen LogP contribution is 2.19. The molecule has 0 radical (unpaired) electrons. The SMILES string of the molecule is CCNC(=NCCc1nc(C)c(C)s1)NCCc1cc2ccccc2o1. The molecule has 0 atom stereocenters. The third-order valence-electron chi connectivity index (χ3n) is 4.15. The van der Waals surface area contributed by atoms with Crippen LogP contribution in [0, 0.1) is 13.8 Å². The lowest BCUT2D eigenvalue weighted by Gasteiger charge is -2.10. The Morgan fingerprint density at radius 3 is 2.77 bits per heavy atom. The molecular weight excluding hydrogens is 344 g/mol. The fourth-order valence-corrected chi connectivity index (χ4v) is 3.64. The molecule has 0 unspecified atom stereocenters. The summed E-state index contributed by atoms with van der Waals surface area (Å²) in [7, 11) is 0. The zero-order valence-electron chi connectivity index (χ0n) is 15.6. The van der Waals surface area contributed by atoms with Gasteiger partial charge < -0.3 is 15.1 Å². The number of furan rings is 1. The van der Waals surface area contributed by atoms with Gasteiger partial charge in [-0.05, 0) is 32.9 Å². The molecule has 0 aliphatic carbocycles. The summed E-state index contributed by atoms with van der Waals surface area (Å²) in [5, 5.41) is 8.97. The maximum Gasteiger partial charge on any atom is 0.191 e. The van der Waals surface area contributed by atoms with Gasteiger partial charge in [-0.25, -0.2) is 4.98 Å². The number of rotatable bonds is 7. The van der Waals surface area contributed by atoms with Gasteiger partial charge in [0.15, 0.2) is 5.96 Å². The number of hydrogen-bond acceptors (Lipinski definition) is 4. The first-order valence-electron chi connectivity index (χ1n) is 9.08. The fourth-order valence-electron chi connectivity index (χ4n) is 2.72. The lowest BCUT2D eigenvalue weighted by atomic mass is 10.2. The molecule has 1 aromatic carbocycles.